The summed E-state index contributed by atoms with van der Waals surface area (Å²) < 4.78 is 2.03. The van der Waals surface area contributed by atoms with Crippen molar-refractivity contribution in [2.75, 3.05) is 11.1 Å². The minimum absolute atomic E-state index is 0. The molecule has 0 unspecified atom stereocenters. The first-order valence-corrected chi connectivity index (χ1v) is 9.79. The minimum Gasteiger partial charge on any atom is -0.399 e. The molecule has 0 fully saturated rings. The number of nitrogen functional groups attached to an aromatic ring is 1. The Labute approximate surface area is 180 Å². The van der Waals surface area contributed by atoms with E-state index in [9.17, 15) is 0 Å². The molecule has 0 saturated carbocycles. The topological polar surface area (TPSA) is 68.2 Å². The molecule has 0 amide bonds. The van der Waals surface area contributed by atoms with Crippen LogP contribution in [0.4, 0.5) is 11.5 Å². The van der Waals surface area contributed by atoms with Gasteiger partial charge in [0.05, 0.1) is 16.0 Å². The number of thiophene rings is 1. The van der Waals surface area contributed by atoms with Crippen LogP contribution in [0, 0.1) is 11.8 Å². The Balaban J connectivity index is 0.00000240. The van der Waals surface area contributed by atoms with E-state index >= 15 is 0 Å². The molecule has 0 saturated heterocycles. The number of benzene rings is 1. The SMILES string of the molecule is CC(C)(C)Nc1c(-c2ccc(C#Cc3cccc(N)c3)s2)nc2cnccn12.Cl. The zero-order chi connectivity index (χ0) is 19.7. The predicted octanol–water partition coefficient (Wildman–Crippen LogP) is 5.07. The fraction of sp³-hybridized carbons (Fsp3) is 0.182. The quantitative estimate of drug-likeness (QED) is 0.349. The van der Waals surface area contributed by atoms with Crippen molar-refractivity contribution in [1.29, 1.82) is 0 Å². The number of aromatic nitrogens is 3. The minimum atomic E-state index is -0.0961. The van der Waals surface area contributed by atoms with Crippen LogP contribution < -0.4 is 11.1 Å². The number of nitrogens with zero attached hydrogens (tertiary/aromatic N) is 3. The number of nitrogens with two attached hydrogens (primary N) is 1. The lowest BCUT2D eigenvalue weighted by molar-refractivity contribution is 0.629. The van der Waals surface area contributed by atoms with Gasteiger partial charge in [0.15, 0.2) is 5.65 Å². The fourth-order valence-corrected chi connectivity index (χ4v) is 3.69. The Hall–Kier alpha value is -3.01. The first kappa shape index (κ1) is 20.7. The summed E-state index contributed by atoms with van der Waals surface area (Å²) in [5.41, 5.74) is 9.07. The Morgan fingerprint density at radius 1 is 1.14 bits per heavy atom. The highest BCUT2D eigenvalue weighted by Crippen LogP contribution is 2.34. The number of nitrogens with one attached hydrogen (secondary N) is 1. The van der Waals surface area contributed by atoms with Crippen LogP contribution in [-0.4, -0.2) is 19.9 Å². The van der Waals surface area contributed by atoms with Gasteiger partial charge >= 0.3 is 0 Å². The maximum absolute atomic E-state index is 5.82. The number of rotatable bonds is 2. The highest BCUT2D eigenvalue weighted by Gasteiger charge is 2.20. The first-order chi connectivity index (χ1) is 13.4. The third-order valence-corrected chi connectivity index (χ3v) is 4.99. The molecule has 0 spiro atoms. The fourth-order valence-electron chi connectivity index (χ4n) is 2.84. The third kappa shape index (κ3) is 4.70. The Morgan fingerprint density at radius 3 is 2.72 bits per heavy atom. The summed E-state index contributed by atoms with van der Waals surface area (Å²) in [5.74, 6) is 7.36. The lowest BCUT2D eigenvalue weighted by Gasteiger charge is -2.22. The molecule has 7 heteroatoms. The number of anilines is 2. The number of fused-ring (bicyclic) bond motifs is 1. The second-order valence-corrected chi connectivity index (χ2v) is 8.61. The van der Waals surface area contributed by atoms with Gasteiger partial charge < -0.3 is 11.1 Å². The van der Waals surface area contributed by atoms with Gasteiger partial charge in [0.1, 0.15) is 11.5 Å². The molecule has 3 heterocycles. The average molecular weight is 424 g/mol. The van der Waals surface area contributed by atoms with E-state index in [4.69, 9.17) is 10.7 Å². The predicted molar refractivity (Wildman–Crippen MR) is 124 cm³/mol. The van der Waals surface area contributed by atoms with Crippen LogP contribution in [0.15, 0.2) is 55.0 Å². The van der Waals surface area contributed by atoms with E-state index < -0.39 is 0 Å². The third-order valence-electron chi connectivity index (χ3n) is 3.98. The zero-order valence-electron chi connectivity index (χ0n) is 16.4. The molecule has 3 N–H and O–H groups in total. The zero-order valence-corrected chi connectivity index (χ0v) is 18.1. The first-order valence-electron chi connectivity index (χ1n) is 8.97. The highest BCUT2D eigenvalue weighted by atomic mass is 35.5. The Morgan fingerprint density at radius 2 is 1.97 bits per heavy atom. The smallest absolute Gasteiger partial charge is 0.157 e. The summed E-state index contributed by atoms with van der Waals surface area (Å²) in [5, 5.41) is 3.57. The number of hydrogen-bond acceptors (Lipinski definition) is 5. The Bertz CT molecular complexity index is 1210. The largest absolute Gasteiger partial charge is 0.399 e. The van der Waals surface area contributed by atoms with Crippen molar-refractivity contribution in [3.05, 3.63) is 65.4 Å². The van der Waals surface area contributed by atoms with Crippen LogP contribution in [0.2, 0.25) is 0 Å². The van der Waals surface area contributed by atoms with E-state index in [2.05, 4.69) is 49.0 Å². The van der Waals surface area contributed by atoms with Crippen molar-refractivity contribution in [3.8, 4) is 22.4 Å². The van der Waals surface area contributed by atoms with Gasteiger partial charge in [-0.15, -0.1) is 23.7 Å². The molecule has 4 aromatic rings. The molecule has 0 radical (unpaired) electrons. The molecule has 5 nitrogen and oxygen atoms in total. The number of imidazole rings is 1. The number of hydrogen-bond donors (Lipinski definition) is 2. The van der Waals surface area contributed by atoms with Gasteiger partial charge in [-0.3, -0.25) is 9.38 Å². The summed E-state index contributed by atoms with van der Waals surface area (Å²) in [7, 11) is 0. The average Bonchev–Trinajstić information content (AvgIpc) is 3.24. The van der Waals surface area contributed by atoms with E-state index in [-0.39, 0.29) is 17.9 Å². The maximum atomic E-state index is 5.82. The molecular weight excluding hydrogens is 402 g/mol. The van der Waals surface area contributed by atoms with Crippen LogP contribution in [0.1, 0.15) is 31.2 Å². The summed E-state index contributed by atoms with van der Waals surface area (Å²) in [6, 6.07) is 11.7. The molecule has 0 aliphatic rings. The van der Waals surface area contributed by atoms with E-state index in [1.165, 1.54) is 0 Å². The van der Waals surface area contributed by atoms with Crippen molar-refractivity contribution >= 4 is 40.9 Å². The van der Waals surface area contributed by atoms with Crippen LogP contribution in [-0.2, 0) is 0 Å². The number of halogens is 1. The van der Waals surface area contributed by atoms with Crippen molar-refractivity contribution in [1.82, 2.24) is 14.4 Å². The van der Waals surface area contributed by atoms with Crippen molar-refractivity contribution in [3.63, 3.8) is 0 Å². The van der Waals surface area contributed by atoms with E-state index in [0.717, 1.165) is 38.2 Å². The normalized spacial score (nSPS) is 10.9. The van der Waals surface area contributed by atoms with Gasteiger partial charge in [-0.2, -0.15) is 0 Å². The maximum Gasteiger partial charge on any atom is 0.157 e. The highest BCUT2D eigenvalue weighted by molar-refractivity contribution is 7.16. The van der Waals surface area contributed by atoms with Gasteiger partial charge in [-0.1, -0.05) is 17.9 Å². The van der Waals surface area contributed by atoms with Crippen LogP contribution in [0.5, 0.6) is 0 Å². The second kappa shape index (κ2) is 8.16. The van der Waals surface area contributed by atoms with E-state index in [1.54, 1.807) is 23.7 Å². The molecular formula is C22H22ClN5S. The lowest BCUT2D eigenvalue weighted by Crippen LogP contribution is -2.27. The van der Waals surface area contributed by atoms with Gasteiger partial charge in [0, 0.05) is 29.2 Å². The van der Waals surface area contributed by atoms with Crippen LogP contribution in [0.3, 0.4) is 0 Å². The standard InChI is InChI=1S/C22H21N5S.ClH/c1-22(2,3)26-21-20(25-19-14-24-11-12-27(19)21)18-10-9-17(28-18)8-7-15-5-4-6-16(23)13-15;/h4-6,9-14,26H,23H2,1-3H3;1H. The summed E-state index contributed by atoms with van der Waals surface area (Å²) >= 11 is 1.62. The lowest BCUT2D eigenvalue weighted by atomic mass is 10.1. The Kier molecular flexibility index (Phi) is 5.83. The van der Waals surface area contributed by atoms with Crippen LogP contribution >= 0.6 is 23.7 Å². The van der Waals surface area contributed by atoms with Gasteiger partial charge in [-0.05, 0) is 51.1 Å². The summed E-state index contributed by atoms with van der Waals surface area (Å²) in [6.07, 6.45) is 5.46. The molecule has 0 bridgehead atoms. The molecule has 0 atom stereocenters. The molecule has 29 heavy (non-hydrogen) atoms. The second-order valence-electron chi connectivity index (χ2n) is 7.53. The molecule has 4 rings (SSSR count). The molecule has 0 aliphatic heterocycles. The van der Waals surface area contributed by atoms with Crippen molar-refractivity contribution < 1.29 is 0 Å². The van der Waals surface area contributed by atoms with E-state index in [1.807, 2.05) is 40.9 Å². The van der Waals surface area contributed by atoms with Gasteiger partial charge in [0.2, 0.25) is 0 Å². The molecule has 1 aromatic carbocycles. The summed E-state index contributed by atoms with van der Waals surface area (Å²) in [6.45, 7) is 6.40. The van der Waals surface area contributed by atoms with Crippen molar-refractivity contribution in [2.24, 2.45) is 0 Å². The molecule has 3 aromatic heterocycles. The van der Waals surface area contributed by atoms with E-state index in [0.29, 0.717) is 0 Å². The summed E-state index contributed by atoms with van der Waals surface area (Å²) in [4.78, 5) is 11.0. The van der Waals surface area contributed by atoms with Gasteiger partial charge in [0.25, 0.3) is 0 Å². The molecule has 0 aliphatic carbocycles. The van der Waals surface area contributed by atoms with Crippen LogP contribution in [0.25, 0.3) is 16.2 Å². The van der Waals surface area contributed by atoms with Crippen molar-refractivity contribution in [2.45, 2.75) is 26.3 Å². The molecule has 148 valence electrons. The monoisotopic (exact) mass is 423 g/mol. The van der Waals surface area contributed by atoms with Gasteiger partial charge in [-0.25, -0.2) is 4.98 Å².